The summed E-state index contributed by atoms with van der Waals surface area (Å²) >= 11 is 0. The first-order valence-electron chi connectivity index (χ1n) is 21.9. The highest BCUT2D eigenvalue weighted by molar-refractivity contribution is 6.67. The Morgan fingerprint density at radius 2 is 1.23 bits per heavy atom. The van der Waals surface area contributed by atoms with Crippen molar-refractivity contribution in [2.24, 2.45) is 20.9 Å². The molecule has 310 valence electrons. The van der Waals surface area contributed by atoms with Gasteiger partial charge in [0.25, 0.3) is 0 Å². The maximum Gasteiger partial charge on any atom is 0.306 e. The number of carbonyl (C=O) groups is 1. The van der Waals surface area contributed by atoms with E-state index in [2.05, 4.69) is 53.0 Å². The fraction of sp³-hybridized carbons (Fsp3) is 0.860. The van der Waals surface area contributed by atoms with Gasteiger partial charge in [0.15, 0.2) is 17.4 Å². The van der Waals surface area contributed by atoms with Gasteiger partial charge in [-0.3, -0.25) is 25.5 Å². The summed E-state index contributed by atoms with van der Waals surface area (Å²) in [6.45, 7) is 10.1. The number of aliphatic imine (C=N–C) groups is 2. The van der Waals surface area contributed by atoms with E-state index >= 15 is 0 Å². The van der Waals surface area contributed by atoms with Crippen LogP contribution < -0.4 is 11.2 Å². The van der Waals surface area contributed by atoms with Crippen LogP contribution in [0.15, 0.2) is 27.3 Å². The van der Waals surface area contributed by atoms with Crippen molar-refractivity contribution in [2.75, 3.05) is 33.2 Å². The number of amidine groups is 2. The Bertz CT molecular complexity index is 939. The average Bonchev–Trinajstić information content (AvgIpc) is 3.16. The molecule has 10 nitrogen and oxygen atoms in total. The summed E-state index contributed by atoms with van der Waals surface area (Å²) in [7, 11) is 1.48. The molecule has 0 aromatic rings. The molecular weight excluding hydrogens is 665 g/mol. The molecule has 0 unspecified atom stereocenters. The smallest absolute Gasteiger partial charge is 0.306 e. The van der Waals surface area contributed by atoms with Crippen LogP contribution in [0.25, 0.3) is 0 Å². The van der Waals surface area contributed by atoms with Gasteiger partial charge in [0.2, 0.25) is 0 Å². The van der Waals surface area contributed by atoms with Gasteiger partial charge in [-0.15, -0.1) is 0 Å². The summed E-state index contributed by atoms with van der Waals surface area (Å²) in [6, 6.07) is 0. The molecule has 0 spiro atoms. The van der Waals surface area contributed by atoms with E-state index in [0.717, 1.165) is 77.4 Å². The Balaban J connectivity index is 4.69. The number of rotatable bonds is 38. The number of oxime groups is 1. The second-order valence-electron chi connectivity index (χ2n) is 14.8. The maximum atomic E-state index is 12.8. The van der Waals surface area contributed by atoms with Crippen LogP contribution in [-0.2, 0) is 9.53 Å². The molecule has 0 saturated heterocycles. The molecule has 0 aliphatic carbocycles. The average molecular weight is 749 g/mol. The van der Waals surface area contributed by atoms with Crippen molar-refractivity contribution in [3.63, 3.8) is 0 Å². The lowest BCUT2D eigenvalue weighted by Gasteiger charge is -2.22. The monoisotopic (exact) mass is 749 g/mol. The Hall–Kier alpha value is -2.46. The standard InChI is InChI=1S/C43H84N6O4/c1-5-8-11-14-17-18-19-24-29-36-49(38-31-35-46-43(48-52)41(47-51)42(44)45-4)37-30-25-20-23-28-34-40(50)53-39(32-26-21-15-12-9-6-2)33-27-22-16-13-10-7-3/h8,11,39,51-52H,5-7,9-10,12-38H2,1-4H3,(H2,44,45)(H,46,48)/b11-8?,47-41+. The van der Waals surface area contributed by atoms with Crippen LogP contribution in [0.5, 0.6) is 0 Å². The van der Waals surface area contributed by atoms with Gasteiger partial charge >= 0.3 is 5.97 Å². The summed E-state index contributed by atoms with van der Waals surface area (Å²) in [5.74, 6) is -0.00494. The first kappa shape index (κ1) is 50.5. The van der Waals surface area contributed by atoms with E-state index in [0.29, 0.717) is 13.0 Å². The van der Waals surface area contributed by atoms with Gasteiger partial charge in [-0.1, -0.05) is 141 Å². The predicted molar refractivity (Wildman–Crippen MR) is 226 cm³/mol. The molecule has 0 aliphatic heterocycles. The Morgan fingerprint density at radius 1 is 0.717 bits per heavy atom. The van der Waals surface area contributed by atoms with Crippen LogP contribution in [-0.4, -0.2) is 78.0 Å². The molecule has 0 saturated carbocycles. The van der Waals surface area contributed by atoms with Gasteiger partial charge in [0.05, 0.1) is 0 Å². The number of esters is 1. The van der Waals surface area contributed by atoms with E-state index in [4.69, 9.17) is 10.5 Å². The largest absolute Gasteiger partial charge is 0.462 e. The molecule has 0 radical (unpaired) electrons. The molecular formula is C43H84N6O4. The van der Waals surface area contributed by atoms with Crippen molar-refractivity contribution in [1.29, 1.82) is 0 Å². The molecule has 0 aliphatic rings. The number of hydroxylamine groups is 1. The van der Waals surface area contributed by atoms with Gasteiger partial charge in [0.1, 0.15) is 6.10 Å². The van der Waals surface area contributed by atoms with Crippen LogP contribution in [0.1, 0.15) is 201 Å². The molecule has 0 aromatic carbocycles. The molecule has 0 rings (SSSR count). The number of ether oxygens (including phenoxy) is 1. The molecule has 53 heavy (non-hydrogen) atoms. The lowest BCUT2D eigenvalue weighted by atomic mass is 10.0. The van der Waals surface area contributed by atoms with E-state index in [9.17, 15) is 15.2 Å². The van der Waals surface area contributed by atoms with Crippen LogP contribution >= 0.6 is 0 Å². The van der Waals surface area contributed by atoms with Gasteiger partial charge in [-0.25, -0.2) is 0 Å². The molecule has 0 bridgehead atoms. The highest BCUT2D eigenvalue weighted by Gasteiger charge is 2.15. The molecule has 0 fully saturated rings. The topological polar surface area (TPSA) is 145 Å². The van der Waals surface area contributed by atoms with Crippen LogP contribution in [0.2, 0.25) is 0 Å². The SMILES string of the molecule is CCC=CCCCCCCCN(CCCCCCCC(=O)OC(CCCCCCCC)CCCCCCCC)CCCN=C(NO)/C(=N/O)C(N)=NC. The summed E-state index contributed by atoms with van der Waals surface area (Å²) in [5.41, 5.74) is 7.67. The van der Waals surface area contributed by atoms with E-state index < -0.39 is 0 Å². The van der Waals surface area contributed by atoms with Gasteiger partial charge in [-0.2, -0.15) is 0 Å². The van der Waals surface area contributed by atoms with Crippen LogP contribution in [0.4, 0.5) is 0 Å². The van der Waals surface area contributed by atoms with Gasteiger partial charge in [-0.05, 0) is 90.3 Å². The molecule has 0 amide bonds. The lowest BCUT2D eigenvalue weighted by molar-refractivity contribution is -0.150. The fourth-order valence-electron chi connectivity index (χ4n) is 6.67. The lowest BCUT2D eigenvalue weighted by Crippen LogP contribution is -2.38. The van der Waals surface area contributed by atoms with E-state index in [1.165, 1.54) is 123 Å². The zero-order chi connectivity index (χ0) is 39.0. The van der Waals surface area contributed by atoms with Crippen LogP contribution in [0.3, 0.4) is 0 Å². The second kappa shape index (κ2) is 39.2. The number of nitrogens with zero attached hydrogens (tertiary/aromatic N) is 4. The maximum absolute atomic E-state index is 12.8. The van der Waals surface area contributed by atoms with E-state index in [1.807, 2.05) is 5.48 Å². The van der Waals surface area contributed by atoms with Crippen molar-refractivity contribution in [2.45, 2.75) is 207 Å². The van der Waals surface area contributed by atoms with Gasteiger partial charge < -0.3 is 20.6 Å². The fourth-order valence-corrected chi connectivity index (χ4v) is 6.67. The number of nitrogens with two attached hydrogens (primary N) is 1. The highest BCUT2D eigenvalue weighted by Crippen LogP contribution is 2.18. The minimum Gasteiger partial charge on any atom is -0.462 e. The highest BCUT2D eigenvalue weighted by atomic mass is 16.5. The first-order chi connectivity index (χ1) is 26.0. The molecule has 0 heterocycles. The number of nitrogens with one attached hydrogen (secondary N) is 1. The zero-order valence-electron chi connectivity index (χ0n) is 34.9. The Labute approximate surface area is 325 Å². The number of carbonyl (C=O) groups excluding carboxylic acids is 1. The normalized spacial score (nSPS) is 12.8. The quantitative estimate of drug-likeness (QED) is 0.00935. The van der Waals surface area contributed by atoms with Crippen molar-refractivity contribution in [3.8, 4) is 0 Å². The molecule has 5 N–H and O–H groups in total. The third-order valence-electron chi connectivity index (χ3n) is 9.98. The summed E-state index contributed by atoms with van der Waals surface area (Å²) < 4.78 is 6.05. The van der Waals surface area contributed by atoms with Crippen molar-refractivity contribution >= 4 is 23.4 Å². The third-order valence-corrected chi connectivity index (χ3v) is 9.98. The minimum absolute atomic E-state index is 0.000160. The Morgan fingerprint density at radius 3 is 1.75 bits per heavy atom. The zero-order valence-corrected chi connectivity index (χ0v) is 34.9. The Kier molecular flexibility index (Phi) is 37.4. The third kappa shape index (κ3) is 31.6. The second-order valence-corrected chi connectivity index (χ2v) is 14.8. The summed E-state index contributed by atoms with van der Waals surface area (Å²) in [4.78, 5) is 23.5. The number of allylic oxidation sites excluding steroid dienone is 2. The number of hydrogen-bond acceptors (Lipinski definition) is 8. The molecule has 0 aromatic heterocycles. The van der Waals surface area contributed by atoms with E-state index in [-0.39, 0.29) is 29.5 Å². The van der Waals surface area contributed by atoms with Crippen molar-refractivity contribution < 1.29 is 19.9 Å². The predicted octanol–water partition coefficient (Wildman–Crippen LogP) is 10.9. The number of hydrogen-bond donors (Lipinski definition) is 4. The van der Waals surface area contributed by atoms with Gasteiger partial charge in [0, 0.05) is 20.0 Å². The van der Waals surface area contributed by atoms with Crippen LogP contribution in [0, 0.1) is 0 Å². The minimum atomic E-state index is -0.0774. The van der Waals surface area contributed by atoms with Crippen molar-refractivity contribution in [1.82, 2.24) is 10.4 Å². The first-order valence-corrected chi connectivity index (χ1v) is 21.9. The summed E-state index contributed by atoms with van der Waals surface area (Å²) in [6.07, 6.45) is 37.2. The molecule has 10 heteroatoms. The van der Waals surface area contributed by atoms with Crippen molar-refractivity contribution in [3.05, 3.63) is 12.2 Å². The van der Waals surface area contributed by atoms with E-state index in [1.54, 1.807) is 0 Å². The number of unbranched alkanes of at least 4 members (excludes halogenated alkanes) is 19. The molecule has 0 atom stereocenters. The summed E-state index contributed by atoms with van der Waals surface area (Å²) in [5, 5.41) is 21.9.